The van der Waals surface area contributed by atoms with E-state index >= 15 is 0 Å². The highest BCUT2D eigenvalue weighted by Crippen LogP contribution is 1.86. The largest absolute Gasteiger partial charge is 0.747 e. The first-order valence-electron chi connectivity index (χ1n) is 5.88. The molecule has 0 aliphatic heterocycles. The number of carbonyl (C=O) groups is 1. The smallest absolute Gasteiger partial charge is 0.247 e. The van der Waals surface area contributed by atoms with Gasteiger partial charge in [-0.15, -0.1) is 0 Å². The lowest BCUT2D eigenvalue weighted by molar-refractivity contribution is -0.894. The van der Waals surface area contributed by atoms with Crippen LogP contribution in [-0.2, 0) is 14.9 Å². The number of nitrogens with one attached hydrogen (secondary N) is 2. The zero-order valence-corrected chi connectivity index (χ0v) is 12.4. The molecule has 0 saturated carbocycles. The molecule has 0 aromatic carbocycles. The molecule has 0 bridgehead atoms. The standard InChI is InChI=1S/C6H15N.C5H9NO4S/c1-4-7(5-2)6-3;1-4(2)5(7)6-3-11(8,9)10/h4-6H2,1-3H3;1,3H2,2H3,(H,6,7)(H,8,9,10). The molecule has 0 saturated heterocycles. The molecule has 0 heterocycles. The Kier molecular flexibility index (Phi) is 10.8. The lowest BCUT2D eigenvalue weighted by Gasteiger charge is -2.10. The third-order valence-electron chi connectivity index (χ3n) is 2.30. The van der Waals surface area contributed by atoms with Gasteiger partial charge in [0.1, 0.15) is 16.0 Å². The molecule has 2 N–H and O–H groups in total. The number of rotatable bonds is 6. The summed E-state index contributed by atoms with van der Waals surface area (Å²) in [6, 6.07) is 0. The molecular formula is C11H24N2O4S. The van der Waals surface area contributed by atoms with Crippen molar-refractivity contribution in [2.45, 2.75) is 27.7 Å². The highest BCUT2D eigenvalue weighted by Gasteiger charge is 2.01. The van der Waals surface area contributed by atoms with Gasteiger partial charge in [-0.2, -0.15) is 0 Å². The quantitative estimate of drug-likeness (QED) is 0.488. The van der Waals surface area contributed by atoms with Crippen LogP contribution in [0, 0.1) is 0 Å². The van der Waals surface area contributed by atoms with E-state index in [-0.39, 0.29) is 5.57 Å². The molecule has 0 aromatic rings. The maximum absolute atomic E-state index is 10.6. The van der Waals surface area contributed by atoms with Crippen LogP contribution in [0.3, 0.4) is 0 Å². The Morgan fingerprint density at radius 1 is 1.22 bits per heavy atom. The van der Waals surface area contributed by atoms with Crippen LogP contribution in [0.5, 0.6) is 0 Å². The zero-order valence-electron chi connectivity index (χ0n) is 11.6. The number of hydrogen-bond donors (Lipinski definition) is 2. The minimum Gasteiger partial charge on any atom is -0.747 e. The number of carbonyl (C=O) groups excluding carboxylic acids is 1. The molecule has 108 valence electrons. The van der Waals surface area contributed by atoms with Crippen molar-refractivity contribution in [2.24, 2.45) is 0 Å². The van der Waals surface area contributed by atoms with Crippen molar-refractivity contribution in [3.8, 4) is 0 Å². The Labute approximate surface area is 110 Å². The van der Waals surface area contributed by atoms with E-state index < -0.39 is 21.9 Å². The van der Waals surface area contributed by atoms with Crippen molar-refractivity contribution in [3.63, 3.8) is 0 Å². The van der Waals surface area contributed by atoms with E-state index in [1.807, 2.05) is 5.32 Å². The van der Waals surface area contributed by atoms with Crippen molar-refractivity contribution < 1.29 is 22.7 Å². The van der Waals surface area contributed by atoms with Crippen molar-refractivity contribution in [1.29, 1.82) is 0 Å². The van der Waals surface area contributed by atoms with Gasteiger partial charge in [-0.05, 0) is 27.7 Å². The average Bonchev–Trinajstić information content (AvgIpc) is 2.28. The first-order chi connectivity index (χ1) is 8.17. The lowest BCUT2D eigenvalue weighted by Crippen LogP contribution is -3.11. The second-order valence-electron chi connectivity index (χ2n) is 3.80. The van der Waals surface area contributed by atoms with Crippen molar-refractivity contribution in [1.82, 2.24) is 5.32 Å². The topological polar surface area (TPSA) is 90.7 Å². The van der Waals surface area contributed by atoms with E-state index in [1.165, 1.54) is 26.6 Å². The molecule has 0 aliphatic carbocycles. The average molecular weight is 280 g/mol. The molecule has 0 unspecified atom stereocenters. The van der Waals surface area contributed by atoms with Crippen molar-refractivity contribution >= 4 is 16.0 Å². The molecule has 0 spiro atoms. The lowest BCUT2D eigenvalue weighted by atomic mass is 10.3. The normalized spacial score (nSPS) is 10.6. The molecule has 0 aliphatic rings. The molecular weight excluding hydrogens is 256 g/mol. The molecule has 7 heteroatoms. The maximum Gasteiger partial charge on any atom is 0.247 e. The van der Waals surface area contributed by atoms with Gasteiger partial charge in [0.05, 0.1) is 19.6 Å². The molecule has 6 nitrogen and oxygen atoms in total. The molecule has 0 radical (unpaired) electrons. The molecule has 0 rings (SSSR count). The van der Waals surface area contributed by atoms with Gasteiger partial charge in [0, 0.05) is 5.57 Å². The number of quaternary nitrogens is 1. The molecule has 0 aromatic heterocycles. The van der Waals surface area contributed by atoms with Gasteiger partial charge in [0.25, 0.3) is 0 Å². The molecule has 1 amide bonds. The summed E-state index contributed by atoms with van der Waals surface area (Å²) in [5.41, 5.74) is 0.161. The van der Waals surface area contributed by atoms with Crippen molar-refractivity contribution in [3.05, 3.63) is 12.2 Å². The zero-order chi connectivity index (χ0) is 14.8. The number of hydrogen-bond acceptors (Lipinski definition) is 4. The summed E-state index contributed by atoms with van der Waals surface area (Å²) in [6.45, 7) is 15.1. The van der Waals surface area contributed by atoms with Crippen molar-refractivity contribution in [2.75, 3.05) is 25.5 Å². The highest BCUT2D eigenvalue weighted by molar-refractivity contribution is 7.85. The van der Waals surface area contributed by atoms with Crippen LogP contribution in [0.25, 0.3) is 0 Å². The van der Waals surface area contributed by atoms with Gasteiger partial charge in [-0.25, -0.2) is 8.42 Å². The summed E-state index contributed by atoms with van der Waals surface area (Å²) < 4.78 is 29.9. The van der Waals surface area contributed by atoms with Gasteiger partial charge in [-0.3, -0.25) is 4.79 Å². The Morgan fingerprint density at radius 3 is 1.78 bits per heavy atom. The first kappa shape index (κ1) is 19.4. The molecule has 18 heavy (non-hydrogen) atoms. The van der Waals surface area contributed by atoms with Gasteiger partial charge in [-0.1, -0.05) is 6.58 Å². The fraction of sp³-hybridized carbons (Fsp3) is 0.727. The molecule has 0 atom stereocenters. The summed E-state index contributed by atoms with van der Waals surface area (Å²) in [5, 5.41) is 1.88. The summed E-state index contributed by atoms with van der Waals surface area (Å²) in [6.07, 6.45) is 0. The Morgan fingerprint density at radius 2 is 1.61 bits per heavy atom. The van der Waals surface area contributed by atoms with Crippen LogP contribution in [0.2, 0.25) is 0 Å². The van der Waals surface area contributed by atoms with E-state index in [4.69, 9.17) is 0 Å². The van der Waals surface area contributed by atoms with E-state index in [1.54, 1.807) is 4.90 Å². The summed E-state index contributed by atoms with van der Waals surface area (Å²) in [7, 11) is -4.38. The SMILES string of the molecule is C=C(C)C(=O)NCS(=O)(=O)[O-].CC[NH+](CC)CC. The number of amides is 1. The third-order valence-corrected chi connectivity index (χ3v) is 2.80. The second-order valence-corrected chi connectivity index (χ2v) is 5.20. The van der Waals surface area contributed by atoms with E-state index in [0.717, 1.165) is 0 Å². The van der Waals surface area contributed by atoms with Gasteiger partial charge in [0.2, 0.25) is 5.91 Å². The predicted octanol–water partition coefficient (Wildman–Crippen LogP) is -0.888. The van der Waals surface area contributed by atoms with E-state index in [9.17, 15) is 17.8 Å². The monoisotopic (exact) mass is 280 g/mol. The van der Waals surface area contributed by atoms with Crippen LogP contribution in [0.1, 0.15) is 27.7 Å². The summed E-state index contributed by atoms with van der Waals surface area (Å²) >= 11 is 0. The highest BCUT2D eigenvalue weighted by atomic mass is 32.2. The fourth-order valence-corrected chi connectivity index (χ4v) is 1.36. The minimum atomic E-state index is -4.38. The fourth-order valence-electron chi connectivity index (χ4n) is 1.05. The second kappa shape index (κ2) is 10.0. The Bertz CT molecular complexity index is 343. The maximum atomic E-state index is 10.6. The summed E-state index contributed by atoms with van der Waals surface area (Å²) in [5.74, 6) is -1.52. The van der Waals surface area contributed by atoms with Gasteiger partial charge in [0.15, 0.2) is 0 Å². The Balaban J connectivity index is 0. The van der Waals surface area contributed by atoms with Crippen LogP contribution < -0.4 is 10.2 Å². The van der Waals surface area contributed by atoms with E-state index in [2.05, 4.69) is 27.4 Å². The van der Waals surface area contributed by atoms with Crippen LogP contribution in [0.4, 0.5) is 0 Å². The molecule has 0 fully saturated rings. The van der Waals surface area contributed by atoms with E-state index in [0.29, 0.717) is 0 Å². The van der Waals surface area contributed by atoms with Gasteiger partial charge >= 0.3 is 0 Å². The predicted molar refractivity (Wildman–Crippen MR) is 70.1 cm³/mol. The van der Waals surface area contributed by atoms with Crippen LogP contribution in [0.15, 0.2) is 12.2 Å². The Hall–Kier alpha value is -0.920. The minimum absolute atomic E-state index is 0.161. The summed E-state index contributed by atoms with van der Waals surface area (Å²) in [4.78, 5) is 12.3. The van der Waals surface area contributed by atoms with Crippen LogP contribution >= 0.6 is 0 Å². The van der Waals surface area contributed by atoms with Crippen LogP contribution in [-0.4, -0.2) is 44.4 Å². The third kappa shape index (κ3) is 13.1. The van der Waals surface area contributed by atoms with Gasteiger partial charge < -0.3 is 14.8 Å². The first-order valence-corrected chi connectivity index (χ1v) is 7.46.